The van der Waals surface area contributed by atoms with Gasteiger partial charge in [0.25, 0.3) is 0 Å². The van der Waals surface area contributed by atoms with Crippen LogP contribution in [0, 0.1) is 6.92 Å². The maximum Gasteiger partial charge on any atom is 0.205 e. The fraction of sp³-hybridized carbons (Fsp3) is 0.500. The summed E-state index contributed by atoms with van der Waals surface area (Å²) in [6.07, 6.45) is 1.27. The third-order valence-electron chi connectivity index (χ3n) is 3.69. The van der Waals surface area contributed by atoms with Crippen molar-refractivity contribution >= 4 is 16.5 Å². The Bertz CT molecular complexity index is 575. The summed E-state index contributed by atoms with van der Waals surface area (Å²) in [4.78, 5) is 2.47. The molecule has 1 atom stereocenters. The molecule has 1 aliphatic heterocycles. The van der Waals surface area contributed by atoms with Crippen LogP contribution in [0.4, 0.5) is 5.13 Å². The number of rotatable bonds is 5. The molecule has 0 amide bonds. The molecule has 1 N–H and O–H groups in total. The van der Waals surface area contributed by atoms with Crippen LogP contribution in [-0.4, -0.2) is 47.4 Å². The quantitative estimate of drug-likeness (QED) is 0.918. The van der Waals surface area contributed by atoms with E-state index in [1.54, 1.807) is 11.3 Å². The van der Waals surface area contributed by atoms with Crippen LogP contribution in [0.3, 0.4) is 0 Å². The van der Waals surface area contributed by atoms with E-state index in [-0.39, 0.29) is 6.10 Å². The van der Waals surface area contributed by atoms with E-state index in [4.69, 9.17) is 4.74 Å². The number of aromatic nitrogens is 2. The normalized spacial score (nSPS) is 19.8. The van der Waals surface area contributed by atoms with Crippen LogP contribution in [0.1, 0.15) is 17.0 Å². The highest BCUT2D eigenvalue weighted by Gasteiger charge is 2.19. The maximum absolute atomic E-state index is 5.95. The summed E-state index contributed by atoms with van der Waals surface area (Å²) >= 11 is 1.58. The molecule has 0 saturated carbocycles. The second-order valence-corrected chi connectivity index (χ2v) is 6.76. The highest BCUT2D eigenvalue weighted by Crippen LogP contribution is 2.15. The Balaban J connectivity index is 1.53. The summed E-state index contributed by atoms with van der Waals surface area (Å²) in [5.74, 6) is 0. The summed E-state index contributed by atoms with van der Waals surface area (Å²) in [5, 5.41) is 13.3. The maximum atomic E-state index is 5.95. The first-order valence-electron chi connectivity index (χ1n) is 7.71. The van der Waals surface area contributed by atoms with Crippen LogP contribution in [0.25, 0.3) is 0 Å². The van der Waals surface area contributed by atoms with Gasteiger partial charge < -0.3 is 10.1 Å². The van der Waals surface area contributed by atoms with Gasteiger partial charge in [-0.1, -0.05) is 41.7 Å². The number of benzene rings is 1. The molecule has 1 aromatic carbocycles. The molecule has 118 valence electrons. The standard InChI is InChI=1S/C16H22N4OS/c1-13-18-19-16(22-13)17-10-15-12-20(8-5-9-21-15)11-14-6-3-2-4-7-14/h2-4,6-7,15H,5,8-12H2,1H3,(H,17,19)/t15-/m0/s1. The van der Waals surface area contributed by atoms with E-state index >= 15 is 0 Å². The number of hydrogen-bond acceptors (Lipinski definition) is 6. The van der Waals surface area contributed by atoms with Crippen molar-refractivity contribution in [3.05, 3.63) is 40.9 Å². The monoisotopic (exact) mass is 318 g/mol. The lowest BCUT2D eigenvalue weighted by Crippen LogP contribution is -2.35. The molecular weight excluding hydrogens is 296 g/mol. The molecule has 0 bridgehead atoms. The summed E-state index contributed by atoms with van der Waals surface area (Å²) in [6.45, 7) is 6.58. The molecule has 0 radical (unpaired) electrons. The van der Waals surface area contributed by atoms with Crippen molar-refractivity contribution in [2.75, 3.05) is 31.6 Å². The third kappa shape index (κ3) is 4.50. The minimum absolute atomic E-state index is 0.190. The SMILES string of the molecule is Cc1nnc(NC[C@H]2CN(Cc3ccccc3)CCCO2)s1. The highest BCUT2D eigenvalue weighted by atomic mass is 32.1. The largest absolute Gasteiger partial charge is 0.375 e. The summed E-state index contributed by atoms with van der Waals surface area (Å²) in [5.41, 5.74) is 1.36. The van der Waals surface area contributed by atoms with Gasteiger partial charge in [0, 0.05) is 32.8 Å². The molecule has 2 heterocycles. The molecule has 22 heavy (non-hydrogen) atoms. The molecule has 1 saturated heterocycles. The van der Waals surface area contributed by atoms with E-state index in [1.165, 1.54) is 5.56 Å². The second-order valence-electron chi connectivity index (χ2n) is 5.57. The zero-order chi connectivity index (χ0) is 15.2. The van der Waals surface area contributed by atoms with Gasteiger partial charge in [0.15, 0.2) is 0 Å². The van der Waals surface area contributed by atoms with Crippen molar-refractivity contribution in [1.82, 2.24) is 15.1 Å². The van der Waals surface area contributed by atoms with Crippen LogP contribution < -0.4 is 5.32 Å². The lowest BCUT2D eigenvalue weighted by Gasteiger charge is -2.23. The van der Waals surface area contributed by atoms with Gasteiger partial charge in [0.2, 0.25) is 5.13 Å². The van der Waals surface area contributed by atoms with Gasteiger partial charge in [-0.3, -0.25) is 4.90 Å². The van der Waals surface area contributed by atoms with E-state index < -0.39 is 0 Å². The molecule has 0 spiro atoms. The highest BCUT2D eigenvalue weighted by molar-refractivity contribution is 7.15. The minimum Gasteiger partial charge on any atom is -0.375 e. The van der Waals surface area contributed by atoms with Crippen LogP contribution >= 0.6 is 11.3 Å². The average molecular weight is 318 g/mol. The molecule has 1 aliphatic rings. The fourth-order valence-corrected chi connectivity index (χ4v) is 3.25. The number of hydrogen-bond donors (Lipinski definition) is 1. The Morgan fingerprint density at radius 2 is 2.18 bits per heavy atom. The first kappa shape index (κ1) is 15.4. The first-order valence-corrected chi connectivity index (χ1v) is 8.53. The molecule has 0 unspecified atom stereocenters. The Kier molecular flexibility index (Phi) is 5.37. The van der Waals surface area contributed by atoms with Crippen molar-refractivity contribution in [2.24, 2.45) is 0 Å². The molecule has 5 nitrogen and oxygen atoms in total. The summed E-state index contributed by atoms with van der Waals surface area (Å²) in [6, 6.07) is 10.6. The van der Waals surface area contributed by atoms with Crippen LogP contribution in [0.15, 0.2) is 30.3 Å². The summed E-state index contributed by atoms with van der Waals surface area (Å²) in [7, 11) is 0. The number of nitrogens with one attached hydrogen (secondary N) is 1. The van der Waals surface area contributed by atoms with Crippen LogP contribution in [-0.2, 0) is 11.3 Å². The van der Waals surface area contributed by atoms with E-state index in [0.29, 0.717) is 0 Å². The van der Waals surface area contributed by atoms with Crippen molar-refractivity contribution in [3.63, 3.8) is 0 Å². The topological polar surface area (TPSA) is 50.3 Å². The number of ether oxygens (including phenoxy) is 1. The summed E-state index contributed by atoms with van der Waals surface area (Å²) < 4.78 is 5.95. The minimum atomic E-state index is 0.190. The predicted octanol–water partition coefficient (Wildman–Crippen LogP) is 2.55. The molecular formula is C16H22N4OS. The molecule has 1 aromatic heterocycles. The van der Waals surface area contributed by atoms with E-state index in [0.717, 1.165) is 49.3 Å². The Morgan fingerprint density at radius 3 is 2.95 bits per heavy atom. The average Bonchev–Trinajstić information content (AvgIpc) is 2.82. The number of aryl methyl sites for hydroxylation is 1. The molecule has 6 heteroatoms. The second kappa shape index (κ2) is 7.67. The van der Waals surface area contributed by atoms with Gasteiger partial charge in [-0.25, -0.2) is 0 Å². The van der Waals surface area contributed by atoms with E-state index in [9.17, 15) is 0 Å². The Morgan fingerprint density at radius 1 is 1.32 bits per heavy atom. The van der Waals surface area contributed by atoms with Crippen LogP contribution in [0.5, 0.6) is 0 Å². The van der Waals surface area contributed by atoms with Crippen molar-refractivity contribution in [3.8, 4) is 0 Å². The molecule has 2 aromatic rings. The number of nitrogens with zero attached hydrogens (tertiary/aromatic N) is 3. The molecule has 1 fully saturated rings. The van der Waals surface area contributed by atoms with Crippen molar-refractivity contribution in [1.29, 1.82) is 0 Å². The van der Waals surface area contributed by atoms with Gasteiger partial charge in [0.05, 0.1) is 6.10 Å². The zero-order valence-electron chi connectivity index (χ0n) is 12.9. The number of anilines is 1. The van der Waals surface area contributed by atoms with E-state index in [2.05, 4.69) is 50.7 Å². The Hall–Kier alpha value is -1.50. The van der Waals surface area contributed by atoms with Crippen molar-refractivity contribution in [2.45, 2.75) is 26.0 Å². The smallest absolute Gasteiger partial charge is 0.205 e. The Labute approximate surface area is 135 Å². The lowest BCUT2D eigenvalue weighted by molar-refractivity contribution is 0.0625. The fourth-order valence-electron chi connectivity index (χ4n) is 2.65. The zero-order valence-corrected chi connectivity index (χ0v) is 13.7. The van der Waals surface area contributed by atoms with Gasteiger partial charge in [-0.15, -0.1) is 10.2 Å². The van der Waals surface area contributed by atoms with Gasteiger partial charge in [0.1, 0.15) is 5.01 Å². The first-order chi connectivity index (χ1) is 10.8. The predicted molar refractivity (Wildman–Crippen MR) is 89.2 cm³/mol. The van der Waals surface area contributed by atoms with Gasteiger partial charge >= 0.3 is 0 Å². The lowest BCUT2D eigenvalue weighted by atomic mass is 10.2. The third-order valence-corrected chi connectivity index (χ3v) is 4.49. The van der Waals surface area contributed by atoms with Gasteiger partial charge in [-0.2, -0.15) is 0 Å². The van der Waals surface area contributed by atoms with Gasteiger partial charge in [-0.05, 0) is 18.9 Å². The molecule has 3 rings (SSSR count). The molecule has 0 aliphatic carbocycles. The van der Waals surface area contributed by atoms with E-state index in [1.807, 2.05) is 6.92 Å². The van der Waals surface area contributed by atoms with Crippen molar-refractivity contribution < 1.29 is 4.74 Å². The van der Waals surface area contributed by atoms with Crippen LogP contribution in [0.2, 0.25) is 0 Å².